The van der Waals surface area contributed by atoms with Crippen molar-refractivity contribution in [2.45, 2.75) is 6.42 Å². The Morgan fingerprint density at radius 3 is 2.27 bits per heavy atom. The zero-order valence-electron chi connectivity index (χ0n) is 7.40. The molecule has 0 fully saturated rings. The van der Waals surface area contributed by atoms with Gasteiger partial charge in [0.1, 0.15) is 0 Å². The van der Waals surface area contributed by atoms with Gasteiger partial charge < -0.3 is 5.11 Å². The maximum atomic E-state index is 8.79. The van der Waals surface area contributed by atoms with E-state index in [1.165, 1.54) is 16.3 Å². The van der Waals surface area contributed by atoms with Crippen molar-refractivity contribution in [3.05, 3.63) is 48.0 Å². The van der Waals surface area contributed by atoms with Gasteiger partial charge in [-0.2, -0.15) is 0 Å². The Morgan fingerprint density at radius 2 is 1.60 bits per heavy atom. The van der Waals surface area contributed by atoms with Crippen LogP contribution in [0.25, 0.3) is 10.8 Å². The fraction of sp³-hybridized carbons (Fsp3) is 0.167. The minimum atomic E-state index is 0. The molecule has 74 valence electrons. The van der Waals surface area contributed by atoms with Gasteiger partial charge >= 0.3 is 18.9 Å². The van der Waals surface area contributed by atoms with Gasteiger partial charge in [-0.1, -0.05) is 42.5 Å². The van der Waals surface area contributed by atoms with E-state index < -0.39 is 0 Å². The Kier molecular flexibility index (Phi) is 7.03. The number of hydrogen-bond donors (Lipinski definition) is 1. The van der Waals surface area contributed by atoms with E-state index in [0.29, 0.717) is 0 Å². The molecule has 0 atom stereocenters. The molecule has 15 heavy (non-hydrogen) atoms. The molecule has 1 nitrogen and oxygen atoms in total. The fourth-order valence-electron chi connectivity index (χ4n) is 1.52. The van der Waals surface area contributed by atoms with Crippen LogP contribution in [0, 0.1) is 0 Å². The van der Waals surface area contributed by atoms with Gasteiger partial charge in [-0.15, -0.1) is 0 Å². The first-order valence-electron chi connectivity index (χ1n) is 4.49. The quantitative estimate of drug-likeness (QED) is 0.717. The van der Waals surface area contributed by atoms with Gasteiger partial charge in [0.05, 0.1) is 0 Å². The number of aliphatic hydroxyl groups is 1. The van der Waals surface area contributed by atoms with Gasteiger partial charge in [0.15, 0.2) is 17.4 Å². The Bertz CT molecular complexity index is 417. The molecule has 0 radical (unpaired) electrons. The summed E-state index contributed by atoms with van der Waals surface area (Å²) in [5, 5.41) is 11.3. The van der Waals surface area contributed by atoms with Gasteiger partial charge in [0.25, 0.3) is 0 Å². The van der Waals surface area contributed by atoms with Crippen LogP contribution in [0.4, 0.5) is 0 Å². The van der Waals surface area contributed by atoms with Crippen LogP contribution in [0.5, 0.6) is 0 Å². The van der Waals surface area contributed by atoms with E-state index in [1.54, 1.807) is 0 Å². The number of rotatable bonds is 2. The number of fused-ring (bicyclic) bond motifs is 1. The number of benzene rings is 2. The van der Waals surface area contributed by atoms with E-state index in [-0.39, 0.29) is 42.8 Å². The molecule has 0 unspecified atom stereocenters. The monoisotopic (exact) mass is 210 g/mol. The zero-order chi connectivity index (χ0) is 9.10. The molecule has 0 saturated heterocycles. The second-order valence-corrected chi connectivity index (χ2v) is 3.16. The Balaban J connectivity index is 0.000000980. The van der Waals surface area contributed by atoms with Crippen LogP contribution in [0.3, 0.4) is 0 Å². The molecule has 0 aromatic heterocycles. The Labute approximate surface area is 113 Å². The molecule has 0 spiro atoms. The summed E-state index contributed by atoms with van der Waals surface area (Å²) in [6.45, 7) is 0.221. The summed E-state index contributed by atoms with van der Waals surface area (Å²) in [5.41, 5.74) is 1.20. The molecule has 0 aliphatic heterocycles. The van der Waals surface area contributed by atoms with Gasteiger partial charge in [0, 0.05) is 6.61 Å². The van der Waals surface area contributed by atoms with Crippen molar-refractivity contribution in [3.8, 4) is 0 Å². The van der Waals surface area contributed by atoms with Crippen LogP contribution < -0.4 is 0 Å². The van der Waals surface area contributed by atoms with Crippen molar-refractivity contribution in [1.82, 2.24) is 0 Å². The van der Waals surface area contributed by atoms with Gasteiger partial charge in [0.2, 0.25) is 0 Å². The third kappa shape index (κ3) is 3.69. The summed E-state index contributed by atoms with van der Waals surface area (Å²) in [6, 6.07) is 14.6. The van der Waals surface area contributed by atoms with Crippen molar-refractivity contribution in [3.63, 3.8) is 0 Å². The van der Waals surface area contributed by atoms with E-state index in [9.17, 15) is 0 Å². The summed E-state index contributed by atoms with van der Waals surface area (Å²) in [4.78, 5) is 0. The molecule has 3 heteroatoms. The summed E-state index contributed by atoms with van der Waals surface area (Å²) in [7, 11) is 0. The number of aliphatic hydroxyl groups excluding tert-OH is 1. The van der Waals surface area contributed by atoms with Crippen molar-refractivity contribution in [2.24, 2.45) is 0 Å². The third-order valence-electron chi connectivity index (χ3n) is 2.21. The van der Waals surface area contributed by atoms with Crippen LogP contribution in [0.15, 0.2) is 42.5 Å². The predicted octanol–water partition coefficient (Wildman–Crippen LogP) is 0.542. The molecule has 1 N–H and O–H groups in total. The third-order valence-corrected chi connectivity index (χ3v) is 2.21. The number of hydrogen-bond acceptors (Lipinski definition) is 1. The van der Waals surface area contributed by atoms with Gasteiger partial charge in [-0.3, -0.25) is 0 Å². The molecule has 0 saturated carbocycles. The first-order chi connectivity index (χ1) is 6.40. The van der Waals surface area contributed by atoms with E-state index >= 15 is 0 Å². The zero-order valence-corrected chi connectivity index (χ0v) is 7.40. The molecular formula is C12H16AlLiO. The topological polar surface area (TPSA) is 20.2 Å². The summed E-state index contributed by atoms with van der Waals surface area (Å²) in [6.07, 6.45) is 0.741. The van der Waals surface area contributed by atoms with Crippen LogP contribution >= 0.6 is 0 Å². The Hall–Kier alpha value is -0.210. The molecule has 2 aromatic carbocycles. The van der Waals surface area contributed by atoms with E-state index in [2.05, 4.69) is 30.3 Å². The summed E-state index contributed by atoms with van der Waals surface area (Å²) < 4.78 is 0. The van der Waals surface area contributed by atoms with Crippen molar-refractivity contribution in [1.29, 1.82) is 0 Å². The summed E-state index contributed by atoms with van der Waals surface area (Å²) in [5.74, 6) is 0. The maximum absolute atomic E-state index is 8.79. The second kappa shape index (κ2) is 7.13. The molecule has 0 aliphatic carbocycles. The molecule has 2 rings (SSSR count). The van der Waals surface area contributed by atoms with Crippen LogP contribution in [-0.4, -0.2) is 47.9 Å². The molecular weight excluding hydrogens is 194 g/mol. The molecule has 0 aliphatic rings. The average molecular weight is 210 g/mol. The first-order valence-corrected chi connectivity index (χ1v) is 4.49. The first kappa shape index (κ1) is 14.8. The second-order valence-electron chi connectivity index (χ2n) is 3.16. The van der Waals surface area contributed by atoms with Crippen LogP contribution in [0.1, 0.15) is 5.56 Å². The Morgan fingerprint density at radius 1 is 0.933 bits per heavy atom. The van der Waals surface area contributed by atoms with Crippen LogP contribution in [0.2, 0.25) is 0 Å². The van der Waals surface area contributed by atoms with E-state index in [0.717, 1.165) is 6.42 Å². The van der Waals surface area contributed by atoms with E-state index in [1.807, 2.05) is 12.1 Å². The molecule has 0 bridgehead atoms. The normalized spacial score (nSPS) is 9.13. The molecule has 2 aromatic rings. The fourth-order valence-corrected chi connectivity index (χ4v) is 1.52. The van der Waals surface area contributed by atoms with Crippen molar-refractivity contribution in [2.75, 3.05) is 6.61 Å². The summed E-state index contributed by atoms with van der Waals surface area (Å²) >= 11 is 0. The van der Waals surface area contributed by atoms with Crippen molar-refractivity contribution < 1.29 is 5.11 Å². The molecule has 0 amide bonds. The van der Waals surface area contributed by atoms with Gasteiger partial charge in [-0.05, 0) is 22.8 Å². The van der Waals surface area contributed by atoms with Crippen LogP contribution in [-0.2, 0) is 6.42 Å². The van der Waals surface area contributed by atoms with E-state index in [4.69, 9.17) is 5.11 Å². The minimum absolute atomic E-state index is 0. The van der Waals surface area contributed by atoms with Gasteiger partial charge in [-0.25, -0.2) is 0 Å². The predicted molar refractivity (Wildman–Crippen MR) is 71.8 cm³/mol. The molecule has 0 heterocycles. The standard InChI is InChI=1S/C12H12O.Al.Li.4H/c13-8-7-10-5-6-11-3-1-2-4-12(11)9-10;;;;;;/h1-6,9,13H,7-8H2;;;;;;. The average Bonchev–Trinajstić information content (AvgIpc) is 2.18. The van der Waals surface area contributed by atoms with Crippen molar-refractivity contribution >= 4 is 47.0 Å². The SMILES string of the molecule is OCCc1ccc2ccccc2c1.[AlH3].[LiH].